The van der Waals surface area contributed by atoms with Crippen LogP contribution in [0.3, 0.4) is 0 Å². The van der Waals surface area contributed by atoms with Crippen molar-refractivity contribution in [1.29, 1.82) is 0 Å². The monoisotopic (exact) mass is 334 g/mol. The van der Waals surface area contributed by atoms with E-state index in [1.165, 1.54) is 7.11 Å². The molecule has 0 unspecified atom stereocenters. The van der Waals surface area contributed by atoms with Gasteiger partial charge in [0.2, 0.25) is 0 Å². The third-order valence-corrected chi connectivity index (χ3v) is 3.80. The van der Waals surface area contributed by atoms with E-state index in [4.69, 9.17) is 25.8 Å². The summed E-state index contributed by atoms with van der Waals surface area (Å²) in [5, 5.41) is 10.0. The number of nitrogens with one attached hydrogen (secondary N) is 1. The first-order valence-electron chi connectivity index (χ1n) is 6.76. The number of aromatic nitrogens is 2. The number of imidazole rings is 1. The molecule has 3 rings (SSSR count). The predicted octanol–water partition coefficient (Wildman–Crippen LogP) is 3.61. The van der Waals surface area contributed by atoms with Gasteiger partial charge in [-0.1, -0.05) is 11.6 Å². The number of halogens is 1. The van der Waals surface area contributed by atoms with Gasteiger partial charge in [-0.3, -0.25) is 0 Å². The van der Waals surface area contributed by atoms with Crippen molar-refractivity contribution in [2.24, 2.45) is 0 Å². The molecule has 2 N–H and O–H groups in total. The van der Waals surface area contributed by atoms with Gasteiger partial charge in [0.15, 0.2) is 23.0 Å². The molecule has 0 saturated heterocycles. The maximum absolute atomic E-state index is 9.82. The van der Waals surface area contributed by atoms with Gasteiger partial charge in [0.1, 0.15) is 5.82 Å². The Hall–Kier alpha value is -2.60. The molecule has 0 saturated carbocycles. The third kappa shape index (κ3) is 2.61. The quantitative estimate of drug-likeness (QED) is 0.762. The normalized spacial score (nSPS) is 10.8. The maximum Gasteiger partial charge on any atom is 0.176 e. The minimum absolute atomic E-state index is 0.0997. The molecule has 1 heterocycles. The summed E-state index contributed by atoms with van der Waals surface area (Å²) in [6.45, 7) is 0. The average Bonchev–Trinajstić information content (AvgIpc) is 2.98. The number of nitrogens with zero attached hydrogens (tertiary/aromatic N) is 1. The van der Waals surface area contributed by atoms with Gasteiger partial charge in [-0.05, 0) is 12.1 Å². The summed E-state index contributed by atoms with van der Waals surface area (Å²) in [5.41, 5.74) is 2.21. The van der Waals surface area contributed by atoms with Crippen molar-refractivity contribution in [3.8, 4) is 34.4 Å². The standard InChI is InChI=1S/C16H15ClN2O4/c1-21-12-6-10-11(7-13(12)22-2)19-16(18-10)8-4-9(17)15(20)14(5-8)23-3/h4-7,20H,1-3H3,(H,18,19). The lowest BCUT2D eigenvalue weighted by molar-refractivity contribution is 0.356. The average molecular weight is 335 g/mol. The second-order valence-corrected chi connectivity index (χ2v) is 5.23. The Balaban J connectivity index is 2.16. The molecule has 0 bridgehead atoms. The first kappa shape index (κ1) is 15.3. The van der Waals surface area contributed by atoms with E-state index < -0.39 is 0 Å². The highest BCUT2D eigenvalue weighted by molar-refractivity contribution is 6.32. The first-order valence-corrected chi connectivity index (χ1v) is 7.13. The molecule has 0 radical (unpaired) electrons. The second-order valence-electron chi connectivity index (χ2n) is 4.82. The van der Waals surface area contributed by atoms with Crippen molar-refractivity contribution in [3.05, 3.63) is 29.3 Å². The van der Waals surface area contributed by atoms with Gasteiger partial charge in [0, 0.05) is 17.7 Å². The maximum atomic E-state index is 9.82. The van der Waals surface area contributed by atoms with Crippen LogP contribution in [0, 0.1) is 0 Å². The van der Waals surface area contributed by atoms with Crippen LogP contribution in [0.4, 0.5) is 0 Å². The number of hydrogen-bond acceptors (Lipinski definition) is 5. The number of phenols is 1. The van der Waals surface area contributed by atoms with Crippen molar-refractivity contribution in [2.75, 3.05) is 21.3 Å². The van der Waals surface area contributed by atoms with Gasteiger partial charge in [0.05, 0.1) is 37.4 Å². The van der Waals surface area contributed by atoms with Crippen LogP contribution < -0.4 is 14.2 Å². The van der Waals surface area contributed by atoms with E-state index in [0.717, 1.165) is 11.0 Å². The molecule has 2 aromatic carbocycles. The van der Waals surface area contributed by atoms with Crippen molar-refractivity contribution in [3.63, 3.8) is 0 Å². The van der Waals surface area contributed by atoms with Crippen molar-refractivity contribution < 1.29 is 19.3 Å². The highest BCUT2D eigenvalue weighted by atomic mass is 35.5. The molecular weight excluding hydrogens is 320 g/mol. The molecule has 0 amide bonds. The van der Waals surface area contributed by atoms with E-state index in [2.05, 4.69) is 9.97 Å². The number of ether oxygens (including phenoxy) is 3. The minimum atomic E-state index is -0.0997. The van der Waals surface area contributed by atoms with E-state index in [9.17, 15) is 5.11 Å². The molecule has 0 aliphatic carbocycles. The fourth-order valence-electron chi connectivity index (χ4n) is 2.34. The highest BCUT2D eigenvalue weighted by Crippen LogP contribution is 2.39. The van der Waals surface area contributed by atoms with Crippen LogP contribution >= 0.6 is 11.6 Å². The molecule has 0 aliphatic rings. The molecule has 120 valence electrons. The smallest absolute Gasteiger partial charge is 0.176 e. The zero-order chi connectivity index (χ0) is 16.6. The summed E-state index contributed by atoms with van der Waals surface area (Å²) in [6, 6.07) is 6.87. The van der Waals surface area contributed by atoms with Crippen LogP contribution in [-0.4, -0.2) is 36.4 Å². The third-order valence-electron chi connectivity index (χ3n) is 3.51. The first-order chi connectivity index (χ1) is 11.1. The van der Waals surface area contributed by atoms with Gasteiger partial charge >= 0.3 is 0 Å². The molecule has 0 fully saturated rings. The number of aromatic amines is 1. The lowest BCUT2D eigenvalue weighted by Gasteiger charge is -2.07. The van der Waals surface area contributed by atoms with Gasteiger partial charge < -0.3 is 24.3 Å². The largest absolute Gasteiger partial charge is 0.503 e. The second kappa shape index (κ2) is 5.89. The Kier molecular flexibility index (Phi) is 3.92. The van der Waals surface area contributed by atoms with E-state index in [0.29, 0.717) is 22.9 Å². The Bertz CT molecular complexity index is 835. The van der Waals surface area contributed by atoms with E-state index >= 15 is 0 Å². The van der Waals surface area contributed by atoms with E-state index in [1.54, 1.807) is 32.4 Å². The van der Waals surface area contributed by atoms with Crippen LogP contribution in [0.5, 0.6) is 23.0 Å². The predicted molar refractivity (Wildman–Crippen MR) is 87.9 cm³/mol. The van der Waals surface area contributed by atoms with Crippen molar-refractivity contribution >= 4 is 22.6 Å². The van der Waals surface area contributed by atoms with Crippen molar-refractivity contribution in [2.45, 2.75) is 0 Å². The molecule has 6 nitrogen and oxygen atoms in total. The topological polar surface area (TPSA) is 76.6 Å². The van der Waals surface area contributed by atoms with Crippen molar-refractivity contribution in [1.82, 2.24) is 9.97 Å². The summed E-state index contributed by atoms with van der Waals surface area (Å²) in [4.78, 5) is 7.72. The molecule has 0 atom stereocenters. The minimum Gasteiger partial charge on any atom is -0.503 e. The highest BCUT2D eigenvalue weighted by Gasteiger charge is 2.14. The number of benzene rings is 2. The molecular formula is C16H15ClN2O4. The summed E-state index contributed by atoms with van der Waals surface area (Å²) < 4.78 is 15.7. The van der Waals surface area contributed by atoms with Gasteiger partial charge in [-0.2, -0.15) is 0 Å². The zero-order valence-electron chi connectivity index (χ0n) is 12.8. The number of H-pyrrole nitrogens is 1. The summed E-state index contributed by atoms with van der Waals surface area (Å²) >= 11 is 6.03. The molecule has 7 heteroatoms. The molecule has 0 spiro atoms. The Morgan fingerprint density at radius 2 is 1.61 bits per heavy atom. The lowest BCUT2D eigenvalue weighted by atomic mass is 10.2. The SMILES string of the molecule is COc1cc2nc(-c3cc(Cl)c(O)c(OC)c3)[nH]c2cc1OC. The summed E-state index contributed by atoms with van der Waals surface area (Å²) in [7, 11) is 4.61. The molecule has 23 heavy (non-hydrogen) atoms. The Morgan fingerprint density at radius 3 is 2.26 bits per heavy atom. The van der Waals surface area contributed by atoms with Gasteiger partial charge in [-0.25, -0.2) is 4.98 Å². The Morgan fingerprint density at radius 1 is 0.957 bits per heavy atom. The number of rotatable bonds is 4. The van der Waals surface area contributed by atoms with Gasteiger partial charge in [0.25, 0.3) is 0 Å². The fraction of sp³-hybridized carbons (Fsp3) is 0.188. The molecule has 1 aromatic heterocycles. The molecule has 3 aromatic rings. The number of phenolic OH excluding ortho intramolecular Hbond substituents is 1. The van der Waals surface area contributed by atoms with Crippen LogP contribution in [0.2, 0.25) is 5.02 Å². The van der Waals surface area contributed by atoms with Crippen LogP contribution in [0.25, 0.3) is 22.4 Å². The number of methoxy groups -OCH3 is 3. The zero-order valence-corrected chi connectivity index (χ0v) is 13.6. The Labute approximate surface area is 137 Å². The summed E-state index contributed by atoms with van der Waals surface area (Å²) in [6.07, 6.45) is 0. The number of aromatic hydroxyl groups is 1. The van der Waals surface area contributed by atoms with E-state index in [1.807, 2.05) is 6.07 Å². The number of hydrogen-bond donors (Lipinski definition) is 2. The number of fused-ring (bicyclic) bond motifs is 1. The van der Waals surface area contributed by atoms with E-state index in [-0.39, 0.29) is 16.5 Å². The molecule has 0 aliphatic heterocycles. The van der Waals surface area contributed by atoms with Crippen LogP contribution in [-0.2, 0) is 0 Å². The van der Waals surface area contributed by atoms with Gasteiger partial charge in [-0.15, -0.1) is 0 Å². The fourth-order valence-corrected chi connectivity index (χ4v) is 2.55. The summed E-state index contributed by atoms with van der Waals surface area (Å²) in [5.74, 6) is 1.98. The lowest BCUT2D eigenvalue weighted by Crippen LogP contribution is -1.89. The van der Waals surface area contributed by atoms with Crippen LogP contribution in [0.1, 0.15) is 0 Å². The van der Waals surface area contributed by atoms with Crippen LogP contribution in [0.15, 0.2) is 24.3 Å².